The molecule has 21 heavy (non-hydrogen) atoms. The second-order valence-electron chi connectivity index (χ2n) is 6.42. The van der Waals surface area contributed by atoms with E-state index in [0.29, 0.717) is 18.5 Å². The van der Waals surface area contributed by atoms with Crippen molar-refractivity contribution < 1.29 is 9.53 Å². The van der Waals surface area contributed by atoms with Gasteiger partial charge in [0.15, 0.2) is 0 Å². The van der Waals surface area contributed by atoms with Crippen LogP contribution in [0.2, 0.25) is 0 Å². The molecule has 5 heteroatoms. The van der Waals surface area contributed by atoms with Crippen molar-refractivity contribution in [2.24, 2.45) is 5.92 Å². The number of rotatable bonds is 5. The minimum absolute atomic E-state index is 0.0580. The molecule has 2 fully saturated rings. The first-order valence-corrected chi connectivity index (χ1v) is 8.19. The van der Waals surface area contributed by atoms with Crippen LogP contribution in [-0.2, 0) is 9.53 Å². The molecule has 0 aromatic heterocycles. The van der Waals surface area contributed by atoms with Gasteiger partial charge in [-0.25, -0.2) is 0 Å². The number of nitriles is 1. The van der Waals surface area contributed by atoms with Crippen molar-refractivity contribution in [2.45, 2.75) is 63.5 Å². The first-order chi connectivity index (χ1) is 10.2. The fraction of sp³-hybridized carbons (Fsp3) is 0.875. The molecule has 1 amide bonds. The van der Waals surface area contributed by atoms with Gasteiger partial charge in [0.2, 0.25) is 5.91 Å². The summed E-state index contributed by atoms with van der Waals surface area (Å²) in [5.74, 6) is 0.517. The molecule has 1 atom stereocenters. The van der Waals surface area contributed by atoms with Crippen molar-refractivity contribution in [3.63, 3.8) is 0 Å². The molecule has 1 aliphatic heterocycles. The van der Waals surface area contributed by atoms with Gasteiger partial charge >= 0.3 is 0 Å². The highest BCUT2D eigenvalue weighted by molar-refractivity contribution is 5.79. The number of carbonyl (C=O) groups excluding carboxylic acids is 1. The monoisotopic (exact) mass is 293 g/mol. The molecule has 118 valence electrons. The summed E-state index contributed by atoms with van der Waals surface area (Å²) in [7, 11) is 0. The van der Waals surface area contributed by atoms with Crippen LogP contribution >= 0.6 is 0 Å². The Hall–Kier alpha value is -1.12. The van der Waals surface area contributed by atoms with E-state index in [9.17, 15) is 10.1 Å². The van der Waals surface area contributed by atoms with Crippen LogP contribution in [0, 0.1) is 17.2 Å². The van der Waals surface area contributed by atoms with Crippen LogP contribution in [0.15, 0.2) is 0 Å². The maximum atomic E-state index is 12.1. The van der Waals surface area contributed by atoms with Crippen LogP contribution in [0.25, 0.3) is 0 Å². The number of hydrogen-bond donors (Lipinski definition) is 2. The Labute approximate surface area is 127 Å². The highest BCUT2D eigenvalue weighted by Gasteiger charge is 2.33. The molecule has 1 aliphatic carbocycles. The third-order valence-corrected chi connectivity index (χ3v) is 4.86. The molecule has 0 radical (unpaired) electrons. The molecule has 0 bridgehead atoms. The minimum atomic E-state index is -0.626. The lowest BCUT2D eigenvalue weighted by molar-refractivity contribution is -0.122. The van der Waals surface area contributed by atoms with Gasteiger partial charge in [0.05, 0.1) is 12.6 Å². The third kappa shape index (κ3) is 4.69. The van der Waals surface area contributed by atoms with Gasteiger partial charge in [-0.05, 0) is 38.5 Å². The van der Waals surface area contributed by atoms with Crippen molar-refractivity contribution in [1.82, 2.24) is 10.6 Å². The van der Waals surface area contributed by atoms with Crippen LogP contribution < -0.4 is 10.6 Å². The average molecular weight is 293 g/mol. The van der Waals surface area contributed by atoms with Crippen molar-refractivity contribution >= 4 is 5.91 Å². The van der Waals surface area contributed by atoms with Gasteiger partial charge in [0.25, 0.3) is 0 Å². The smallest absolute Gasteiger partial charge is 0.235 e. The predicted molar refractivity (Wildman–Crippen MR) is 80.6 cm³/mol. The number of hydrogen-bond acceptors (Lipinski definition) is 4. The molecule has 0 unspecified atom stereocenters. The Morgan fingerprint density at radius 2 is 2.00 bits per heavy atom. The average Bonchev–Trinajstić information content (AvgIpc) is 2.54. The number of amides is 1. The normalized spacial score (nSPS) is 24.0. The topological polar surface area (TPSA) is 74.2 Å². The van der Waals surface area contributed by atoms with E-state index >= 15 is 0 Å². The molecule has 2 N–H and O–H groups in total. The summed E-state index contributed by atoms with van der Waals surface area (Å²) in [6.07, 6.45) is 6.89. The van der Waals surface area contributed by atoms with Crippen molar-refractivity contribution in [1.29, 1.82) is 5.26 Å². The lowest BCUT2D eigenvalue weighted by atomic mass is 9.83. The van der Waals surface area contributed by atoms with E-state index in [-0.39, 0.29) is 5.91 Å². The fourth-order valence-corrected chi connectivity index (χ4v) is 3.37. The summed E-state index contributed by atoms with van der Waals surface area (Å²) in [5, 5.41) is 15.6. The zero-order valence-corrected chi connectivity index (χ0v) is 13.0. The van der Waals surface area contributed by atoms with E-state index < -0.39 is 5.54 Å². The highest BCUT2D eigenvalue weighted by atomic mass is 16.5. The maximum Gasteiger partial charge on any atom is 0.235 e. The van der Waals surface area contributed by atoms with Gasteiger partial charge in [0.1, 0.15) is 5.54 Å². The third-order valence-electron chi connectivity index (χ3n) is 4.86. The van der Waals surface area contributed by atoms with Crippen LogP contribution in [-0.4, -0.2) is 37.2 Å². The Balaban J connectivity index is 1.74. The summed E-state index contributed by atoms with van der Waals surface area (Å²) in [4.78, 5) is 12.1. The number of nitrogens with one attached hydrogen (secondary N) is 2. The lowest BCUT2D eigenvalue weighted by Crippen LogP contribution is -2.52. The van der Waals surface area contributed by atoms with Crippen LogP contribution in [0.5, 0.6) is 0 Å². The first kappa shape index (κ1) is 16.3. The molecule has 2 rings (SSSR count). The SMILES string of the molecule is C[C@@H](NCC(=O)NC1(C#N)CCCCC1)C1CCOCC1. The second kappa shape index (κ2) is 7.77. The van der Waals surface area contributed by atoms with E-state index in [4.69, 9.17) is 4.74 Å². The van der Waals surface area contributed by atoms with Gasteiger partial charge in [0, 0.05) is 19.3 Å². The largest absolute Gasteiger partial charge is 0.381 e. The van der Waals surface area contributed by atoms with Gasteiger partial charge in [-0.3, -0.25) is 4.79 Å². The Kier molecular flexibility index (Phi) is 6.01. The van der Waals surface area contributed by atoms with Gasteiger partial charge < -0.3 is 15.4 Å². The Morgan fingerprint density at radius 1 is 1.33 bits per heavy atom. The molecular weight excluding hydrogens is 266 g/mol. The zero-order chi connectivity index (χ0) is 15.1. The molecule has 1 saturated carbocycles. The van der Waals surface area contributed by atoms with E-state index in [1.807, 2.05) is 0 Å². The Bertz CT molecular complexity index is 379. The summed E-state index contributed by atoms with van der Waals surface area (Å²) in [5.41, 5.74) is -0.626. The predicted octanol–water partition coefficient (Wildman–Crippen LogP) is 1.73. The maximum absolute atomic E-state index is 12.1. The highest BCUT2D eigenvalue weighted by Crippen LogP contribution is 2.27. The van der Waals surface area contributed by atoms with E-state index in [0.717, 1.165) is 51.7 Å². The lowest BCUT2D eigenvalue weighted by Gasteiger charge is -2.32. The van der Waals surface area contributed by atoms with Crippen LogP contribution in [0.3, 0.4) is 0 Å². The van der Waals surface area contributed by atoms with Gasteiger partial charge in [-0.2, -0.15) is 5.26 Å². The molecular formula is C16H27N3O2. The van der Waals surface area contributed by atoms with E-state index in [1.165, 1.54) is 6.42 Å². The van der Waals surface area contributed by atoms with E-state index in [2.05, 4.69) is 23.6 Å². The summed E-state index contributed by atoms with van der Waals surface area (Å²) < 4.78 is 5.36. The van der Waals surface area contributed by atoms with Crippen molar-refractivity contribution in [3.05, 3.63) is 0 Å². The van der Waals surface area contributed by atoms with Crippen molar-refractivity contribution in [3.8, 4) is 6.07 Å². The van der Waals surface area contributed by atoms with E-state index in [1.54, 1.807) is 0 Å². The first-order valence-electron chi connectivity index (χ1n) is 8.19. The van der Waals surface area contributed by atoms with Crippen LogP contribution in [0.1, 0.15) is 51.9 Å². The molecule has 1 saturated heterocycles. The summed E-state index contributed by atoms with van der Waals surface area (Å²) in [6.45, 7) is 4.06. The number of nitrogens with zero attached hydrogens (tertiary/aromatic N) is 1. The van der Waals surface area contributed by atoms with Gasteiger partial charge in [-0.1, -0.05) is 19.3 Å². The standard InChI is InChI=1S/C16H27N3O2/c1-13(14-5-9-21-10-6-14)18-11-15(20)19-16(12-17)7-3-2-4-8-16/h13-14,18H,2-11H2,1H3,(H,19,20)/t13-/m1/s1. The Morgan fingerprint density at radius 3 is 2.62 bits per heavy atom. The van der Waals surface area contributed by atoms with Crippen molar-refractivity contribution in [2.75, 3.05) is 19.8 Å². The number of ether oxygens (including phenoxy) is 1. The minimum Gasteiger partial charge on any atom is -0.381 e. The molecule has 0 spiro atoms. The molecule has 5 nitrogen and oxygen atoms in total. The number of carbonyl (C=O) groups is 1. The molecule has 0 aromatic rings. The quantitative estimate of drug-likeness (QED) is 0.809. The van der Waals surface area contributed by atoms with Gasteiger partial charge in [-0.15, -0.1) is 0 Å². The summed E-state index contributed by atoms with van der Waals surface area (Å²) in [6, 6.07) is 2.63. The second-order valence-corrected chi connectivity index (χ2v) is 6.42. The summed E-state index contributed by atoms with van der Waals surface area (Å²) >= 11 is 0. The fourth-order valence-electron chi connectivity index (χ4n) is 3.37. The molecule has 0 aromatic carbocycles. The molecule has 2 aliphatic rings. The zero-order valence-electron chi connectivity index (χ0n) is 13.0. The molecule has 1 heterocycles. The van der Waals surface area contributed by atoms with Crippen LogP contribution in [0.4, 0.5) is 0 Å².